The van der Waals surface area contributed by atoms with Crippen LogP contribution >= 0.6 is 0 Å². The van der Waals surface area contributed by atoms with Crippen LogP contribution in [0.15, 0.2) is 6.07 Å². The first-order valence-corrected chi connectivity index (χ1v) is 12.1. The van der Waals surface area contributed by atoms with E-state index in [4.69, 9.17) is 9.97 Å². The Morgan fingerprint density at radius 3 is 2.88 bits per heavy atom. The van der Waals surface area contributed by atoms with E-state index in [1.165, 1.54) is 5.56 Å². The molecule has 2 aromatic heterocycles. The molecule has 2 aliphatic heterocycles. The van der Waals surface area contributed by atoms with Crippen LogP contribution in [0.1, 0.15) is 68.8 Å². The zero-order chi connectivity index (χ0) is 22.1. The molecule has 0 spiro atoms. The largest absolute Gasteiger partial charge is 0.350 e. The lowest BCUT2D eigenvalue weighted by atomic mass is 10.1. The third kappa shape index (κ3) is 4.30. The lowest BCUT2D eigenvalue weighted by molar-refractivity contribution is -0.123. The first kappa shape index (κ1) is 21.2. The number of piperidine rings is 1. The normalized spacial score (nSPS) is 22.9. The molecule has 32 heavy (non-hydrogen) atoms. The maximum absolute atomic E-state index is 13.1. The zero-order valence-corrected chi connectivity index (χ0v) is 19.1. The number of nitrogens with zero attached hydrogens (tertiary/aromatic N) is 4. The number of aromatic nitrogens is 4. The number of H-pyrrole nitrogens is 1. The molecule has 9 heteroatoms. The summed E-state index contributed by atoms with van der Waals surface area (Å²) in [5.41, 5.74) is 3.36. The smallest absolute Gasteiger partial charge is 0.243 e. The zero-order valence-electron chi connectivity index (χ0n) is 19.1. The molecule has 1 amide bonds. The van der Waals surface area contributed by atoms with Crippen molar-refractivity contribution in [3.63, 3.8) is 0 Å². The minimum Gasteiger partial charge on any atom is -0.350 e. The van der Waals surface area contributed by atoms with Gasteiger partial charge in [0.15, 0.2) is 5.82 Å². The van der Waals surface area contributed by atoms with Crippen LogP contribution in [0.3, 0.4) is 0 Å². The lowest BCUT2D eigenvalue weighted by Gasteiger charge is -2.29. The summed E-state index contributed by atoms with van der Waals surface area (Å²) >= 11 is 0. The number of anilines is 3. The predicted molar refractivity (Wildman–Crippen MR) is 124 cm³/mol. The molecule has 2 unspecified atom stereocenters. The number of carbonyl (C=O) groups is 1. The summed E-state index contributed by atoms with van der Waals surface area (Å²) in [7, 11) is 0. The molecule has 2 fully saturated rings. The molecule has 3 aliphatic rings. The maximum atomic E-state index is 13.1. The Hall–Kier alpha value is -2.68. The Balaban J connectivity index is 1.37. The highest BCUT2D eigenvalue weighted by Gasteiger charge is 2.35. The number of rotatable bonds is 6. The maximum Gasteiger partial charge on any atom is 0.243 e. The van der Waals surface area contributed by atoms with E-state index in [2.05, 4.69) is 44.9 Å². The van der Waals surface area contributed by atoms with Gasteiger partial charge in [0.05, 0.1) is 5.69 Å². The van der Waals surface area contributed by atoms with Crippen LogP contribution in [0, 0.1) is 0 Å². The van der Waals surface area contributed by atoms with Crippen molar-refractivity contribution in [2.24, 2.45) is 0 Å². The SMILES string of the molecule is CC(C)c1cc(Nc2nc(N3CCCC3C(=O)NC3CCCNC3)nc3c2CCC3)n[nH]1. The third-order valence-corrected chi connectivity index (χ3v) is 6.84. The number of hydrogen-bond donors (Lipinski definition) is 4. The van der Waals surface area contributed by atoms with Crippen molar-refractivity contribution in [1.82, 2.24) is 30.8 Å². The Labute approximate surface area is 189 Å². The van der Waals surface area contributed by atoms with Gasteiger partial charge in [0.2, 0.25) is 11.9 Å². The van der Waals surface area contributed by atoms with Gasteiger partial charge in [-0.1, -0.05) is 13.8 Å². The monoisotopic (exact) mass is 438 g/mol. The highest BCUT2D eigenvalue weighted by atomic mass is 16.2. The third-order valence-electron chi connectivity index (χ3n) is 6.84. The highest BCUT2D eigenvalue weighted by molar-refractivity contribution is 5.85. The van der Waals surface area contributed by atoms with Crippen LogP contribution in [0.4, 0.5) is 17.6 Å². The van der Waals surface area contributed by atoms with E-state index in [0.717, 1.165) is 87.6 Å². The summed E-state index contributed by atoms with van der Waals surface area (Å²) < 4.78 is 0. The van der Waals surface area contributed by atoms with Crippen LogP contribution < -0.4 is 20.9 Å². The van der Waals surface area contributed by atoms with Crippen LogP contribution in [0.5, 0.6) is 0 Å². The standard InChI is InChI=1S/C23H34N8O/c1-14(2)18-12-20(30-29-18)27-21-16-7-3-8-17(16)26-23(28-21)31-11-5-9-19(31)22(32)25-15-6-4-10-24-13-15/h12,14-15,19,24H,3-11,13H2,1-2H3,(H,25,32)(H2,26,27,28,29,30). The molecule has 5 rings (SSSR count). The van der Waals surface area contributed by atoms with Gasteiger partial charge < -0.3 is 20.9 Å². The van der Waals surface area contributed by atoms with Gasteiger partial charge in [-0.25, -0.2) is 4.98 Å². The van der Waals surface area contributed by atoms with E-state index in [-0.39, 0.29) is 18.0 Å². The second-order valence-corrected chi connectivity index (χ2v) is 9.54. The molecule has 2 aromatic rings. The average molecular weight is 439 g/mol. The fourth-order valence-corrected chi connectivity index (χ4v) is 5.02. The van der Waals surface area contributed by atoms with E-state index in [1.54, 1.807) is 0 Å². The van der Waals surface area contributed by atoms with Crippen molar-refractivity contribution >= 4 is 23.5 Å². The number of fused-ring (bicyclic) bond motifs is 1. The molecule has 2 atom stereocenters. The van der Waals surface area contributed by atoms with Crippen LogP contribution in [-0.4, -0.2) is 57.8 Å². The number of aromatic amines is 1. The Morgan fingerprint density at radius 2 is 2.09 bits per heavy atom. The Morgan fingerprint density at radius 1 is 1.19 bits per heavy atom. The number of carbonyl (C=O) groups excluding carboxylic acids is 1. The van der Waals surface area contributed by atoms with Crippen molar-refractivity contribution in [3.05, 3.63) is 23.0 Å². The van der Waals surface area contributed by atoms with Gasteiger partial charge in [-0.15, -0.1) is 0 Å². The van der Waals surface area contributed by atoms with E-state index in [9.17, 15) is 4.79 Å². The minimum absolute atomic E-state index is 0.101. The highest BCUT2D eigenvalue weighted by Crippen LogP contribution is 2.32. The van der Waals surface area contributed by atoms with Gasteiger partial charge in [0.1, 0.15) is 11.9 Å². The van der Waals surface area contributed by atoms with Crippen molar-refractivity contribution in [1.29, 1.82) is 0 Å². The number of hydrogen-bond acceptors (Lipinski definition) is 7. The second-order valence-electron chi connectivity index (χ2n) is 9.54. The molecule has 0 radical (unpaired) electrons. The van der Waals surface area contributed by atoms with Crippen LogP contribution in [0.2, 0.25) is 0 Å². The quantitative estimate of drug-likeness (QED) is 0.548. The molecule has 0 saturated carbocycles. The number of amides is 1. The molecule has 9 nitrogen and oxygen atoms in total. The van der Waals surface area contributed by atoms with Crippen molar-refractivity contribution < 1.29 is 4.79 Å². The van der Waals surface area contributed by atoms with Gasteiger partial charge in [-0.2, -0.15) is 10.1 Å². The van der Waals surface area contributed by atoms with Crippen molar-refractivity contribution in [2.75, 3.05) is 29.9 Å². The Bertz CT molecular complexity index is 965. The molecular formula is C23H34N8O. The first-order valence-electron chi connectivity index (χ1n) is 12.1. The average Bonchev–Trinajstić information content (AvgIpc) is 3.54. The van der Waals surface area contributed by atoms with Gasteiger partial charge in [0.25, 0.3) is 0 Å². The number of aryl methyl sites for hydroxylation is 1. The van der Waals surface area contributed by atoms with Crippen molar-refractivity contribution in [3.8, 4) is 0 Å². The molecule has 0 bridgehead atoms. The fourth-order valence-electron chi connectivity index (χ4n) is 5.02. The van der Waals surface area contributed by atoms with Gasteiger partial charge in [0, 0.05) is 36.5 Å². The van der Waals surface area contributed by atoms with Gasteiger partial charge in [-0.05, 0) is 57.4 Å². The topological polar surface area (TPSA) is 111 Å². The van der Waals surface area contributed by atoms with Crippen LogP contribution in [0.25, 0.3) is 0 Å². The van der Waals surface area contributed by atoms with E-state index >= 15 is 0 Å². The van der Waals surface area contributed by atoms with Crippen LogP contribution in [-0.2, 0) is 17.6 Å². The predicted octanol–water partition coefficient (Wildman–Crippen LogP) is 2.39. The molecule has 172 valence electrons. The Kier molecular flexibility index (Phi) is 5.99. The summed E-state index contributed by atoms with van der Waals surface area (Å²) in [6.45, 7) is 6.97. The molecule has 4 heterocycles. The van der Waals surface area contributed by atoms with Gasteiger partial charge >= 0.3 is 0 Å². The van der Waals surface area contributed by atoms with E-state index < -0.39 is 0 Å². The molecule has 0 aromatic carbocycles. The second kappa shape index (κ2) is 9.05. The summed E-state index contributed by atoms with van der Waals surface area (Å²) in [4.78, 5) is 25.0. The van der Waals surface area contributed by atoms with E-state index in [1.807, 2.05) is 6.07 Å². The summed E-state index contributed by atoms with van der Waals surface area (Å²) in [6, 6.07) is 2.05. The number of nitrogens with one attached hydrogen (secondary N) is 4. The van der Waals surface area contributed by atoms with Gasteiger partial charge in [-0.3, -0.25) is 9.89 Å². The summed E-state index contributed by atoms with van der Waals surface area (Å²) in [6.07, 6.45) is 6.96. The van der Waals surface area contributed by atoms with Crippen molar-refractivity contribution in [2.45, 2.75) is 76.8 Å². The molecule has 4 N–H and O–H groups in total. The first-order chi connectivity index (χ1) is 15.6. The summed E-state index contributed by atoms with van der Waals surface area (Å²) in [5.74, 6) is 2.74. The molecule has 1 aliphatic carbocycles. The minimum atomic E-state index is -0.206. The fraction of sp³-hybridized carbons (Fsp3) is 0.652. The molecule has 2 saturated heterocycles. The van der Waals surface area contributed by atoms with E-state index in [0.29, 0.717) is 11.9 Å². The summed E-state index contributed by atoms with van der Waals surface area (Å²) in [5, 5.41) is 17.6. The lowest BCUT2D eigenvalue weighted by Crippen LogP contribution is -2.51. The molecular weight excluding hydrogens is 404 g/mol.